The quantitative estimate of drug-likeness (QED) is 0.548. The van der Waals surface area contributed by atoms with Crippen molar-refractivity contribution in [1.82, 2.24) is 0 Å². The summed E-state index contributed by atoms with van der Waals surface area (Å²) in [6.07, 6.45) is 7.82. The molecule has 0 radical (unpaired) electrons. The van der Waals surface area contributed by atoms with E-state index in [4.69, 9.17) is 4.52 Å². The Balaban J connectivity index is 1.61. The second-order valence-electron chi connectivity index (χ2n) is 10.3. The van der Waals surface area contributed by atoms with Crippen molar-refractivity contribution in [2.75, 3.05) is 13.3 Å². The van der Waals surface area contributed by atoms with E-state index in [1.165, 1.54) is 22.3 Å². The van der Waals surface area contributed by atoms with Gasteiger partial charge < -0.3 is 4.52 Å². The molecule has 1 aromatic rings. The molecule has 1 unspecified atom stereocenters. The number of benzene rings is 1. The Morgan fingerprint density at radius 1 is 1.06 bits per heavy atom. The fourth-order valence-corrected chi connectivity index (χ4v) is 8.36. The standard InChI is InChI=1S/C27H33O4P/c1-4-31-32(3,30)20-9-5-17(6-10-20)23-16-27(2)24(13-14-25(27)29)22-11-7-18-15-19(28)8-12-21(18)26(22)23/h5-6,9-10,15,22-24H,4,7-8,11-14,16H2,1-3H3/t22-,23+,24-,27-,32?/m0/s1. The molecule has 1 aromatic carbocycles. The third kappa shape index (κ3) is 3.42. The van der Waals surface area contributed by atoms with Crippen molar-refractivity contribution in [1.29, 1.82) is 0 Å². The molecule has 4 aliphatic carbocycles. The third-order valence-corrected chi connectivity index (χ3v) is 10.6. The number of rotatable bonds is 4. The summed E-state index contributed by atoms with van der Waals surface area (Å²) in [5, 5.41) is 0.738. The Bertz CT molecular complexity index is 1080. The number of allylic oxidation sites excluding steroid dienone is 4. The molecular weight excluding hydrogens is 419 g/mol. The number of ketones is 2. The summed E-state index contributed by atoms with van der Waals surface area (Å²) in [6.45, 7) is 6.15. The van der Waals surface area contributed by atoms with Crippen LogP contribution >= 0.6 is 7.37 Å². The topological polar surface area (TPSA) is 60.4 Å². The summed E-state index contributed by atoms with van der Waals surface area (Å²) >= 11 is 0. The van der Waals surface area contributed by atoms with E-state index in [0.29, 0.717) is 37.1 Å². The van der Waals surface area contributed by atoms with Crippen LogP contribution in [0.15, 0.2) is 47.1 Å². The normalized spacial score (nSPS) is 33.8. The molecule has 2 saturated carbocycles. The number of hydrogen-bond acceptors (Lipinski definition) is 4. The highest BCUT2D eigenvalue weighted by atomic mass is 31.2. The second kappa shape index (κ2) is 7.92. The molecule has 0 bridgehead atoms. The van der Waals surface area contributed by atoms with Crippen molar-refractivity contribution in [2.45, 2.75) is 64.7 Å². The van der Waals surface area contributed by atoms with Crippen molar-refractivity contribution in [2.24, 2.45) is 17.3 Å². The van der Waals surface area contributed by atoms with E-state index in [0.717, 1.165) is 37.4 Å². The molecule has 32 heavy (non-hydrogen) atoms. The predicted octanol–water partition coefficient (Wildman–Crippen LogP) is 5.72. The average Bonchev–Trinajstić information content (AvgIpc) is 3.07. The summed E-state index contributed by atoms with van der Waals surface area (Å²) in [7, 11) is -2.82. The molecule has 0 spiro atoms. The highest BCUT2D eigenvalue weighted by molar-refractivity contribution is 7.66. The second-order valence-corrected chi connectivity index (χ2v) is 12.8. The first-order valence-corrected chi connectivity index (χ1v) is 14.1. The monoisotopic (exact) mass is 452 g/mol. The maximum Gasteiger partial charge on any atom is 0.229 e. The summed E-state index contributed by atoms with van der Waals surface area (Å²) in [6, 6.07) is 8.07. The smallest absolute Gasteiger partial charge is 0.229 e. The summed E-state index contributed by atoms with van der Waals surface area (Å²) in [5.74, 6) is 1.68. The van der Waals surface area contributed by atoms with E-state index < -0.39 is 7.37 Å². The first-order valence-electron chi connectivity index (χ1n) is 12.1. The Morgan fingerprint density at radius 2 is 1.81 bits per heavy atom. The minimum Gasteiger partial charge on any atom is -0.326 e. The molecule has 0 amide bonds. The van der Waals surface area contributed by atoms with Gasteiger partial charge in [-0.3, -0.25) is 14.2 Å². The Kier molecular flexibility index (Phi) is 5.46. The molecular formula is C27H33O4P. The highest BCUT2D eigenvalue weighted by Gasteiger charge is 2.56. The predicted molar refractivity (Wildman–Crippen MR) is 127 cm³/mol. The third-order valence-electron chi connectivity index (χ3n) is 8.58. The maximum atomic E-state index is 13.0. The molecule has 5 heteroatoms. The van der Waals surface area contributed by atoms with Gasteiger partial charge in [-0.1, -0.05) is 24.6 Å². The number of hydrogen-bond donors (Lipinski definition) is 0. The molecule has 0 aromatic heterocycles. The van der Waals surface area contributed by atoms with Gasteiger partial charge in [0.2, 0.25) is 7.37 Å². The van der Waals surface area contributed by atoms with Crippen molar-refractivity contribution in [3.05, 3.63) is 52.6 Å². The highest BCUT2D eigenvalue weighted by Crippen LogP contribution is 2.62. The van der Waals surface area contributed by atoms with Gasteiger partial charge in [0.15, 0.2) is 5.78 Å². The number of carbonyl (C=O) groups excluding carboxylic acids is 2. The first-order chi connectivity index (χ1) is 15.2. The maximum absolute atomic E-state index is 13.0. The number of fused-ring (bicyclic) bond motifs is 4. The summed E-state index contributed by atoms with van der Waals surface area (Å²) in [4.78, 5) is 25.1. The Labute approximate surface area is 191 Å². The minimum atomic E-state index is -2.82. The van der Waals surface area contributed by atoms with E-state index in [-0.39, 0.29) is 17.1 Å². The lowest BCUT2D eigenvalue weighted by Gasteiger charge is -2.50. The first kappa shape index (κ1) is 22.0. The van der Waals surface area contributed by atoms with E-state index in [1.807, 2.05) is 25.1 Å². The van der Waals surface area contributed by atoms with Crippen LogP contribution in [-0.2, 0) is 18.7 Å². The molecule has 5 rings (SSSR count). The van der Waals surface area contributed by atoms with Gasteiger partial charge in [-0.15, -0.1) is 0 Å². The fourth-order valence-electron chi connectivity index (χ4n) is 7.03. The van der Waals surface area contributed by atoms with Crippen LogP contribution in [0.2, 0.25) is 0 Å². The van der Waals surface area contributed by atoms with Gasteiger partial charge in [0, 0.05) is 36.1 Å². The lowest BCUT2D eigenvalue weighted by molar-refractivity contribution is -0.128. The molecule has 0 heterocycles. The summed E-state index contributed by atoms with van der Waals surface area (Å²) in [5.41, 5.74) is 5.04. The van der Waals surface area contributed by atoms with Crippen molar-refractivity contribution in [3.63, 3.8) is 0 Å². The summed E-state index contributed by atoms with van der Waals surface area (Å²) < 4.78 is 18.4. The number of carbonyl (C=O) groups is 2. The van der Waals surface area contributed by atoms with Crippen LogP contribution in [0.1, 0.15) is 70.3 Å². The molecule has 0 saturated heterocycles. The van der Waals surface area contributed by atoms with Gasteiger partial charge in [-0.2, -0.15) is 0 Å². The molecule has 4 aliphatic rings. The van der Waals surface area contributed by atoms with Gasteiger partial charge >= 0.3 is 0 Å². The molecule has 0 aliphatic heterocycles. The zero-order valence-electron chi connectivity index (χ0n) is 19.4. The van der Waals surface area contributed by atoms with Crippen LogP contribution in [0.5, 0.6) is 0 Å². The molecule has 170 valence electrons. The minimum absolute atomic E-state index is 0.174. The Morgan fingerprint density at radius 3 is 2.53 bits per heavy atom. The van der Waals surface area contributed by atoms with Gasteiger partial charge in [-0.25, -0.2) is 0 Å². The van der Waals surface area contributed by atoms with Crippen molar-refractivity contribution < 1.29 is 18.7 Å². The van der Waals surface area contributed by atoms with Crippen LogP contribution in [0.25, 0.3) is 0 Å². The van der Waals surface area contributed by atoms with Gasteiger partial charge in [-0.05, 0) is 85.8 Å². The SMILES string of the molecule is CCOP(C)(=O)c1ccc([C@H]2C[C@]3(C)C(=O)CC[C@H]3[C@@H]3CCC4=CC(=O)CCC4=C32)cc1. The zero-order chi connectivity index (χ0) is 22.7. The van der Waals surface area contributed by atoms with Crippen LogP contribution in [0.3, 0.4) is 0 Å². The number of Topliss-reactive ketones (excluding diaryl/α,β-unsaturated/α-hetero) is 1. The van der Waals surface area contributed by atoms with E-state index in [1.54, 1.807) is 6.66 Å². The van der Waals surface area contributed by atoms with Crippen LogP contribution < -0.4 is 5.30 Å². The van der Waals surface area contributed by atoms with Crippen LogP contribution in [-0.4, -0.2) is 24.8 Å². The van der Waals surface area contributed by atoms with Gasteiger partial charge in [0.1, 0.15) is 5.78 Å². The lowest BCUT2D eigenvalue weighted by Crippen LogP contribution is -2.43. The zero-order valence-corrected chi connectivity index (χ0v) is 20.3. The van der Waals surface area contributed by atoms with Gasteiger partial charge in [0.25, 0.3) is 0 Å². The average molecular weight is 453 g/mol. The fraction of sp³-hybridized carbons (Fsp3) is 0.556. The molecule has 0 N–H and O–H groups in total. The Hall–Kier alpha value is -1.77. The largest absolute Gasteiger partial charge is 0.326 e. The lowest BCUT2D eigenvalue weighted by atomic mass is 9.53. The molecule has 4 nitrogen and oxygen atoms in total. The van der Waals surface area contributed by atoms with E-state index in [2.05, 4.69) is 19.1 Å². The van der Waals surface area contributed by atoms with Crippen LogP contribution in [0, 0.1) is 17.3 Å². The van der Waals surface area contributed by atoms with Gasteiger partial charge in [0.05, 0.1) is 6.61 Å². The van der Waals surface area contributed by atoms with Crippen molar-refractivity contribution in [3.8, 4) is 0 Å². The molecule has 2 fully saturated rings. The van der Waals surface area contributed by atoms with E-state index in [9.17, 15) is 14.2 Å². The molecule has 5 atom stereocenters. The van der Waals surface area contributed by atoms with E-state index >= 15 is 0 Å². The van der Waals surface area contributed by atoms with Crippen molar-refractivity contribution >= 4 is 24.2 Å². The van der Waals surface area contributed by atoms with Crippen LogP contribution in [0.4, 0.5) is 0 Å².